The van der Waals surface area contributed by atoms with Gasteiger partial charge in [-0.3, -0.25) is 0 Å². The molecule has 0 bridgehead atoms. The van der Waals surface area contributed by atoms with Crippen LogP contribution in [-0.4, -0.2) is 52.7 Å². The van der Waals surface area contributed by atoms with Crippen LogP contribution >= 0.6 is 0 Å². The highest BCUT2D eigenvalue weighted by atomic mass is 16.4. The van der Waals surface area contributed by atoms with Crippen LogP contribution in [0.15, 0.2) is 12.2 Å². The van der Waals surface area contributed by atoms with Gasteiger partial charge in [0.1, 0.15) is 0 Å². The average Bonchev–Trinajstić information content (AvgIpc) is 2.84. The molecule has 1 atom stereocenters. The summed E-state index contributed by atoms with van der Waals surface area (Å²) < 4.78 is 0. The first-order chi connectivity index (χ1) is 9.97. The molecule has 2 aliphatic rings. The quantitative estimate of drug-likeness (QED) is 0.676. The Hall–Kier alpha value is -1.40. The molecule has 1 saturated heterocycles. The zero-order chi connectivity index (χ0) is 15.7. The molecule has 1 saturated carbocycles. The van der Waals surface area contributed by atoms with Gasteiger partial charge in [0, 0.05) is 31.3 Å². The number of nitrogens with two attached hydrogens (primary N) is 1. The fraction of sp³-hybridized carbons (Fsp3) is 0.733. The van der Waals surface area contributed by atoms with Gasteiger partial charge in [0.05, 0.1) is 0 Å². The topological polar surface area (TPSA) is 104 Å². The third kappa shape index (κ3) is 8.47. The molecule has 6 nitrogen and oxygen atoms in total. The first-order valence-electron chi connectivity index (χ1n) is 7.59. The smallest absolute Gasteiger partial charge is 0.328 e. The number of nitrogens with zero attached hydrogens (tertiary/aromatic N) is 1. The molecule has 0 aromatic rings. The molecule has 1 aliphatic heterocycles. The van der Waals surface area contributed by atoms with Gasteiger partial charge in [0.2, 0.25) is 0 Å². The predicted molar refractivity (Wildman–Crippen MR) is 80.0 cm³/mol. The number of hydrogen-bond donors (Lipinski definition) is 3. The lowest BCUT2D eigenvalue weighted by Gasteiger charge is -2.26. The van der Waals surface area contributed by atoms with Gasteiger partial charge in [-0.05, 0) is 31.7 Å². The Morgan fingerprint density at radius 2 is 1.62 bits per heavy atom. The number of hydrogen-bond acceptors (Lipinski definition) is 4. The molecule has 2 rings (SSSR count). The molecule has 120 valence electrons. The molecule has 0 amide bonds. The van der Waals surface area contributed by atoms with Crippen molar-refractivity contribution < 1.29 is 19.8 Å². The highest BCUT2D eigenvalue weighted by molar-refractivity contribution is 5.89. The molecular weight excluding hydrogens is 272 g/mol. The van der Waals surface area contributed by atoms with Crippen molar-refractivity contribution in [3.63, 3.8) is 0 Å². The molecule has 1 aliphatic carbocycles. The Kier molecular flexibility index (Phi) is 8.00. The maximum absolute atomic E-state index is 9.55. The maximum Gasteiger partial charge on any atom is 0.328 e. The number of likely N-dealkylation sites (tertiary alicyclic amines) is 1. The van der Waals surface area contributed by atoms with E-state index in [1.54, 1.807) is 0 Å². The van der Waals surface area contributed by atoms with Gasteiger partial charge in [0.15, 0.2) is 0 Å². The Balaban J connectivity index is 0.000000240. The van der Waals surface area contributed by atoms with E-state index in [0.717, 1.165) is 12.5 Å². The van der Waals surface area contributed by atoms with Crippen LogP contribution in [0.4, 0.5) is 0 Å². The van der Waals surface area contributed by atoms with Crippen molar-refractivity contribution in [1.29, 1.82) is 0 Å². The Labute approximate surface area is 125 Å². The highest BCUT2D eigenvalue weighted by Gasteiger charge is 2.22. The van der Waals surface area contributed by atoms with Crippen LogP contribution in [0.25, 0.3) is 0 Å². The van der Waals surface area contributed by atoms with E-state index >= 15 is 0 Å². The average molecular weight is 298 g/mol. The molecule has 6 heteroatoms. The van der Waals surface area contributed by atoms with Crippen molar-refractivity contribution in [2.24, 2.45) is 11.7 Å². The highest BCUT2D eigenvalue weighted by Crippen LogP contribution is 2.25. The summed E-state index contributed by atoms with van der Waals surface area (Å²) in [5, 5.41) is 15.6. The van der Waals surface area contributed by atoms with Crippen molar-refractivity contribution in [3.8, 4) is 0 Å². The number of carbonyl (C=O) groups is 2. The normalized spacial score (nSPS) is 23.8. The van der Waals surface area contributed by atoms with E-state index in [0.29, 0.717) is 18.2 Å². The standard InChI is InChI=1S/C11H22N2.C4H4O4/c12-11-6-7-13(9-11)8-10-4-2-1-3-5-10;5-3(6)1-2-4(7)8/h10-11H,1-9,12H2;1-2H,(H,5,6)(H,7,8)/b;2-1+. The fourth-order valence-electron chi connectivity index (χ4n) is 2.91. The number of carboxylic acid groups (broad SMARTS) is 2. The van der Waals surface area contributed by atoms with Crippen molar-refractivity contribution >= 4 is 11.9 Å². The molecule has 0 spiro atoms. The molecule has 1 unspecified atom stereocenters. The van der Waals surface area contributed by atoms with Crippen molar-refractivity contribution in [2.45, 2.75) is 44.6 Å². The lowest BCUT2D eigenvalue weighted by molar-refractivity contribution is -0.134. The van der Waals surface area contributed by atoms with Crippen LogP contribution in [0.2, 0.25) is 0 Å². The number of aliphatic carboxylic acids is 2. The molecule has 1 heterocycles. The molecule has 2 fully saturated rings. The van der Waals surface area contributed by atoms with Crippen LogP contribution in [0, 0.1) is 5.92 Å². The van der Waals surface area contributed by atoms with E-state index in [1.165, 1.54) is 51.6 Å². The summed E-state index contributed by atoms with van der Waals surface area (Å²) in [5.74, 6) is -1.53. The third-order valence-electron chi connectivity index (χ3n) is 3.92. The van der Waals surface area contributed by atoms with E-state index in [9.17, 15) is 9.59 Å². The minimum atomic E-state index is -1.26. The molecule has 0 aromatic carbocycles. The van der Waals surface area contributed by atoms with Crippen molar-refractivity contribution in [3.05, 3.63) is 12.2 Å². The summed E-state index contributed by atoms with van der Waals surface area (Å²) in [6.45, 7) is 3.72. The van der Waals surface area contributed by atoms with Crippen LogP contribution in [-0.2, 0) is 9.59 Å². The predicted octanol–water partition coefficient (Wildman–Crippen LogP) is 1.31. The SMILES string of the molecule is NC1CCN(CC2CCCCC2)C1.O=C(O)/C=C/C(=O)O. The lowest BCUT2D eigenvalue weighted by atomic mass is 9.89. The Bertz CT molecular complexity index is 346. The van der Waals surface area contributed by atoms with Gasteiger partial charge in [-0.1, -0.05) is 19.3 Å². The summed E-state index contributed by atoms with van der Waals surface area (Å²) in [6.07, 6.45) is 9.65. The molecule has 21 heavy (non-hydrogen) atoms. The van der Waals surface area contributed by atoms with Gasteiger partial charge in [-0.25, -0.2) is 9.59 Å². The van der Waals surface area contributed by atoms with Crippen LogP contribution in [0.3, 0.4) is 0 Å². The van der Waals surface area contributed by atoms with Crippen molar-refractivity contribution in [1.82, 2.24) is 4.90 Å². The van der Waals surface area contributed by atoms with Gasteiger partial charge < -0.3 is 20.8 Å². The molecular formula is C15H26N2O4. The molecule has 4 N–H and O–H groups in total. The zero-order valence-corrected chi connectivity index (χ0v) is 12.4. The minimum absolute atomic E-state index is 0.462. The van der Waals surface area contributed by atoms with E-state index in [4.69, 9.17) is 15.9 Å². The third-order valence-corrected chi connectivity index (χ3v) is 3.92. The number of rotatable bonds is 4. The summed E-state index contributed by atoms with van der Waals surface area (Å²) in [7, 11) is 0. The van der Waals surface area contributed by atoms with Crippen LogP contribution < -0.4 is 5.73 Å². The summed E-state index contributed by atoms with van der Waals surface area (Å²) in [5.41, 5.74) is 5.89. The first-order valence-corrected chi connectivity index (χ1v) is 7.59. The van der Waals surface area contributed by atoms with Gasteiger partial charge in [0.25, 0.3) is 0 Å². The maximum atomic E-state index is 9.55. The zero-order valence-electron chi connectivity index (χ0n) is 12.4. The van der Waals surface area contributed by atoms with Crippen molar-refractivity contribution in [2.75, 3.05) is 19.6 Å². The van der Waals surface area contributed by atoms with E-state index in [-0.39, 0.29) is 0 Å². The summed E-state index contributed by atoms with van der Waals surface area (Å²) in [4.78, 5) is 21.7. The second kappa shape index (κ2) is 9.52. The Morgan fingerprint density at radius 1 is 1.05 bits per heavy atom. The molecule has 0 radical (unpaired) electrons. The largest absolute Gasteiger partial charge is 0.478 e. The van der Waals surface area contributed by atoms with Crippen LogP contribution in [0.5, 0.6) is 0 Å². The monoisotopic (exact) mass is 298 g/mol. The first kappa shape index (κ1) is 17.7. The fourth-order valence-corrected chi connectivity index (χ4v) is 2.91. The Morgan fingerprint density at radius 3 is 2.05 bits per heavy atom. The van der Waals surface area contributed by atoms with Gasteiger partial charge in [-0.2, -0.15) is 0 Å². The van der Waals surface area contributed by atoms with E-state index < -0.39 is 11.9 Å². The van der Waals surface area contributed by atoms with Crippen LogP contribution in [0.1, 0.15) is 38.5 Å². The second-order valence-electron chi connectivity index (χ2n) is 5.82. The van der Waals surface area contributed by atoms with E-state index in [2.05, 4.69) is 4.90 Å². The second-order valence-corrected chi connectivity index (χ2v) is 5.82. The van der Waals surface area contributed by atoms with Gasteiger partial charge in [-0.15, -0.1) is 0 Å². The minimum Gasteiger partial charge on any atom is -0.478 e. The summed E-state index contributed by atoms with van der Waals surface area (Å²) >= 11 is 0. The molecule has 0 aromatic heterocycles. The number of carboxylic acids is 2. The summed E-state index contributed by atoms with van der Waals surface area (Å²) in [6, 6.07) is 0.462. The lowest BCUT2D eigenvalue weighted by Crippen LogP contribution is -2.31. The van der Waals surface area contributed by atoms with E-state index in [1.807, 2.05) is 0 Å². The van der Waals surface area contributed by atoms with Gasteiger partial charge >= 0.3 is 11.9 Å².